The molecule has 92 valence electrons. The molecule has 1 aromatic heterocycles. The van der Waals surface area contributed by atoms with Crippen LogP contribution in [0.15, 0.2) is 30.3 Å². The molecule has 1 saturated heterocycles. The number of hydrogen-bond donors (Lipinski definition) is 2. The van der Waals surface area contributed by atoms with E-state index in [2.05, 4.69) is 0 Å². The number of aromatic nitrogens is 1. The average Bonchev–Trinajstić information content (AvgIpc) is 3.11. The smallest absolute Gasteiger partial charge is 0.202 e. The minimum Gasteiger partial charge on any atom is -0.494 e. The van der Waals surface area contributed by atoms with Gasteiger partial charge in [0.15, 0.2) is 0 Å². The SMILES string of the molecule is Oc1c2c(c(O)n1-c1ccccc1)CC1OC1C2. The third kappa shape index (κ3) is 1.24. The second-order valence-electron chi connectivity index (χ2n) is 4.90. The summed E-state index contributed by atoms with van der Waals surface area (Å²) in [5, 5.41) is 20.6. The van der Waals surface area contributed by atoms with Crippen molar-refractivity contribution in [1.29, 1.82) is 0 Å². The summed E-state index contributed by atoms with van der Waals surface area (Å²) < 4.78 is 6.95. The quantitative estimate of drug-likeness (QED) is 0.750. The van der Waals surface area contributed by atoms with Gasteiger partial charge in [0.2, 0.25) is 11.8 Å². The van der Waals surface area contributed by atoms with E-state index in [9.17, 15) is 10.2 Å². The number of fused-ring (bicyclic) bond motifs is 2. The zero-order chi connectivity index (χ0) is 12.3. The Hall–Kier alpha value is -1.94. The van der Waals surface area contributed by atoms with E-state index in [1.54, 1.807) is 0 Å². The molecule has 1 aliphatic heterocycles. The van der Waals surface area contributed by atoms with Crippen molar-refractivity contribution in [2.45, 2.75) is 25.0 Å². The van der Waals surface area contributed by atoms with E-state index in [1.165, 1.54) is 4.57 Å². The highest BCUT2D eigenvalue weighted by Crippen LogP contribution is 2.46. The summed E-state index contributed by atoms with van der Waals surface area (Å²) in [4.78, 5) is 0. The standard InChI is InChI=1S/C14H13NO3/c16-13-9-6-11-12(18-11)7-10(9)14(17)15(13)8-4-2-1-3-5-8/h1-5,11-12,16-17H,6-7H2. The number of epoxide rings is 1. The maximum Gasteiger partial charge on any atom is 0.202 e. The van der Waals surface area contributed by atoms with Crippen molar-refractivity contribution in [3.63, 3.8) is 0 Å². The van der Waals surface area contributed by atoms with Crippen molar-refractivity contribution in [2.75, 3.05) is 0 Å². The van der Waals surface area contributed by atoms with Crippen molar-refractivity contribution < 1.29 is 14.9 Å². The third-order valence-electron chi connectivity index (χ3n) is 3.84. The zero-order valence-corrected chi connectivity index (χ0v) is 9.71. The van der Waals surface area contributed by atoms with Gasteiger partial charge >= 0.3 is 0 Å². The van der Waals surface area contributed by atoms with Crippen LogP contribution in [0.2, 0.25) is 0 Å². The van der Waals surface area contributed by atoms with E-state index in [1.807, 2.05) is 30.3 Å². The second-order valence-corrected chi connectivity index (χ2v) is 4.90. The minimum atomic E-state index is 0.141. The van der Waals surface area contributed by atoms with E-state index in [0.29, 0.717) is 12.8 Å². The number of hydrogen-bond acceptors (Lipinski definition) is 3. The Labute approximate surface area is 104 Å². The lowest BCUT2D eigenvalue weighted by Gasteiger charge is -2.06. The van der Waals surface area contributed by atoms with Crippen LogP contribution in [0.25, 0.3) is 5.69 Å². The van der Waals surface area contributed by atoms with Crippen molar-refractivity contribution in [2.24, 2.45) is 0 Å². The summed E-state index contributed by atoms with van der Waals surface area (Å²) in [5.74, 6) is 0.283. The van der Waals surface area contributed by atoms with E-state index < -0.39 is 0 Å². The van der Waals surface area contributed by atoms with Gasteiger partial charge in [-0.05, 0) is 12.1 Å². The summed E-state index contributed by atoms with van der Waals surface area (Å²) in [6, 6.07) is 9.40. The molecule has 0 saturated carbocycles. The molecule has 2 unspecified atom stereocenters. The third-order valence-corrected chi connectivity index (χ3v) is 3.84. The van der Waals surface area contributed by atoms with Gasteiger partial charge in [-0.15, -0.1) is 0 Å². The lowest BCUT2D eigenvalue weighted by molar-refractivity contribution is 0.365. The monoisotopic (exact) mass is 243 g/mol. The van der Waals surface area contributed by atoms with Crippen LogP contribution in [-0.4, -0.2) is 27.0 Å². The molecule has 0 bridgehead atoms. The molecule has 2 atom stereocenters. The van der Waals surface area contributed by atoms with Crippen molar-refractivity contribution in [3.8, 4) is 17.4 Å². The van der Waals surface area contributed by atoms with Gasteiger partial charge in [-0.1, -0.05) is 18.2 Å². The van der Waals surface area contributed by atoms with Gasteiger partial charge in [-0.2, -0.15) is 0 Å². The Morgan fingerprint density at radius 1 is 0.944 bits per heavy atom. The Bertz CT molecular complexity index is 584. The minimum absolute atomic E-state index is 0.141. The molecule has 2 aliphatic rings. The number of rotatable bonds is 1. The topological polar surface area (TPSA) is 57.9 Å². The zero-order valence-electron chi connectivity index (χ0n) is 9.71. The van der Waals surface area contributed by atoms with Gasteiger partial charge in [-0.25, -0.2) is 0 Å². The van der Waals surface area contributed by atoms with Crippen LogP contribution < -0.4 is 0 Å². The van der Waals surface area contributed by atoms with Crippen LogP contribution in [0.1, 0.15) is 11.1 Å². The maximum atomic E-state index is 10.3. The first-order valence-corrected chi connectivity index (χ1v) is 6.11. The van der Waals surface area contributed by atoms with Crippen LogP contribution in [0.3, 0.4) is 0 Å². The first kappa shape index (κ1) is 10.0. The van der Waals surface area contributed by atoms with Crippen LogP contribution in [0, 0.1) is 0 Å². The molecular formula is C14H13NO3. The molecule has 2 N–H and O–H groups in total. The Kier molecular flexibility index (Phi) is 1.84. The molecule has 0 spiro atoms. The summed E-state index contributed by atoms with van der Waals surface area (Å²) in [5.41, 5.74) is 2.43. The van der Waals surface area contributed by atoms with Crippen molar-refractivity contribution in [3.05, 3.63) is 41.5 Å². The summed E-state index contributed by atoms with van der Waals surface area (Å²) in [6.07, 6.45) is 1.85. The highest BCUT2D eigenvalue weighted by Gasteiger charge is 2.46. The highest BCUT2D eigenvalue weighted by atomic mass is 16.6. The lowest BCUT2D eigenvalue weighted by Crippen LogP contribution is -2.09. The van der Waals surface area contributed by atoms with E-state index in [-0.39, 0.29) is 24.0 Å². The lowest BCUT2D eigenvalue weighted by atomic mass is 9.95. The summed E-state index contributed by atoms with van der Waals surface area (Å²) in [6.45, 7) is 0. The second kappa shape index (κ2) is 3.29. The van der Waals surface area contributed by atoms with Gasteiger partial charge in [0, 0.05) is 24.0 Å². The number of para-hydroxylation sites is 1. The van der Waals surface area contributed by atoms with Gasteiger partial charge < -0.3 is 14.9 Å². The van der Waals surface area contributed by atoms with E-state index in [0.717, 1.165) is 16.8 Å². The van der Waals surface area contributed by atoms with Crippen molar-refractivity contribution >= 4 is 0 Å². The average molecular weight is 243 g/mol. The molecule has 1 aliphatic carbocycles. The number of nitrogens with zero attached hydrogens (tertiary/aromatic N) is 1. The summed E-state index contributed by atoms with van der Waals surface area (Å²) >= 11 is 0. The van der Waals surface area contributed by atoms with E-state index in [4.69, 9.17) is 4.74 Å². The fourth-order valence-corrected chi connectivity index (χ4v) is 2.83. The highest BCUT2D eigenvalue weighted by molar-refractivity contribution is 5.54. The van der Waals surface area contributed by atoms with Gasteiger partial charge in [0.05, 0.1) is 17.9 Å². The molecule has 1 aromatic carbocycles. The Morgan fingerprint density at radius 3 is 2.06 bits per heavy atom. The van der Waals surface area contributed by atoms with Crippen LogP contribution >= 0.6 is 0 Å². The molecule has 1 fully saturated rings. The molecule has 4 heteroatoms. The summed E-state index contributed by atoms with van der Waals surface area (Å²) in [7, 11) is 0. The molecule has 4 nitrogen and oxygen atoms in total. The van der Waals surface area contributed by atoms with Crippen LogP contribution in [0.4, 0.5) is 0 Å². The predicted octanol–water partition coefficient (Wildman–Crippen LogP) is 1.75. The van der Waals surface area contributed by atoms with Crippen LogP contribution in [-0.2, 0) is 17.6 Å². The van der Waals surface area contributed by atoms with Gasteiger partial charge in [0.1, 0.15) is 0 Å². The largest absolute Gasteiger partial charge is 0.494 e. The first-order chi connectivity index (χ1) is 8.75. The number of ether oxygens (including phenoxy) is 1. The van der Waals surface area contributed by atoms with Gasteiger partial charge in [0.25, 0.3) is 0 Å². The number of benzene rings is 1. The number of aromatic hydroxyl groups is 2. The molecule has 18 heavy (non-hydrogen) atoms. The molecule has 0 radical (unpaired) electrons. The molecule has 2 heterocycles. The van der Waals surface area contributed by atoms with Gasteiger partial charge in [-0.3, -0.25) is 4.57 Å². The fraction of sp³-hybridized carbons (Fsp3) is 0.286. The predicted molar refractivity (Wildman–Crippen MR) is 65.2 cm³/mol. The van der Waals surface area contributed by atoms with E-state index >= 15 is 0 Å². The van der Waals surface area contributed by atoms with Crippen molar-refractivity contribution in [1.82, 2.24) is 4.57 Å². The normalized spacial score (nSPS) is 24.4. The molecule has 2 aromatic rings. The molecular weight excluding hydrogens is 230 g/mol. The van der Waals surface area contributed by atoms with Crippen LogP contribution in [0.5, 0.6) is 11.8 Å². The Morgan fingerprint density at radius 2 is 1.50 bits per heavy atom. The molecule has 4 rings (SSSR count). The fourth-order valence-electron chi connectivity index (χ4n) is 2.83. The maximum absolute atomic E-state index is 10.3. The Balaban J connectivity index is 1.90. The molecule has 0 amide bonds. The first-order valence-electron chi connectivity index (χ1n) is 6.11.